The van der Waals surface area contributed by atoms with Gasteiger partial charge in [-0.3, -0.25) is 9.59 Å². The minimum absolute atomic E-state index is 0.177. The highest BCUT2D eigenvalue weighted by atomic mass is 35.5. The molecule has 0 aromatic heterocycles. The van der Waals surface area contributed by atoms with E-state index in [2.05, 4.69) is 5.32 Å². The Morgan fingerprint density at radius 1 is 1.29 bits per heavy atom. The van der Waals surface area contributed by atoms with Gasteiger partial charge in [0.2, 0.25) is 5.91 Å². The third-order valence-electron chi connectivity index (χ3n) is 3.15. The van der Waals surface area contributed by atoms with E-state index in [0.29, 0.717) is 6.07 Å². The van der Waals surface area contributed by atoms with E-state index in [0.717, 1.165) is 6.07 Å². The Labute approximate surface area is 148 Å². The smallest absolute Gasteiger partial charge is 0.343 e. The maximum atomic E-state index is 13.8. The van der Waals surface area contributed by atoms with Crippen LogP contribution in [0.2, 0.25) is 5.02 Å². The molecule has 0 aliphatic heterocycles. The van der Waals surface area contributed by atoms with Crippen LogP contribution in [0.15, 0.2) is 12.1 Å². The molecular weight excluding hydrogens is 399 g/mol. The highest BCUT2D eigenvalue weighted by Gasteiger charge is 2.56. The lowest BCUT2D eigenvalue weighted by molar-refractivity contribution is -0.123. The van der Waals surface area contributed by atoms with Crippen molar-refractivity contribution < 1.29 is 27.2 Å². The Bertz CT molecular complexity index is 695. The van der Waals surface area contributed by atoms with Crippen LogP contribution < -0.4 is 10.6 Å². The number of nitrogens with one attached hydrogen (secondary N) is 2. The molecule has 1 aliphatic rings. The van der Waals surface area contributed by atoms with Crippen molar-refractivity contribution in [2.75, 3.05) is 11.9 Å². The summed E-state index contributed by atoms with van der Waals surface area (Å²) in [6.45, 7) is -1.58. The number of benzene rings is 1. The Kier molecular flexibility index (Phi) is 5.22. The Morgan fingerprint density at radius 3 is 2.38 bits per heavy atom. The molecule has 132 valence electrons. The average molecular weight is 408 g/mol. The summed E-state index contributed by atoms with van der Waals surface area (Å²) in [4.78, 5) is 23.6. The number of hydrogen-bond donors (Lipinski definition) is 2. The van der Waals surface area contributed by atoms with Gasteiger partial charge in [-0.05, 0) is 18.6 Å². The van der Waals surface area contributed by atoms with Gasteiger partial charge in [-0.15, -0.1) is 23.2 Å². The van der Waals surface area contributed by atoms with Crippen LogP contribution in [0.4, 0.5) is 23.2 Å². The van der Waals surface area contributed by atoms with Crippen molar-refractivity contribution in [3.63, 3.8) is 0 Å². The molecule has 2 N–H and O–H groups in total. The van der Waals surface area contributed by atoms with E-state index in [1.165, 1.54) is 0 Å². The van der Waals surface area contributed by atoms with Crippen LogP contribution in [0.1, 0.15) is 16.8 Å². The lowest BCUT2D eigenvalue weighted by Crippen LogP contribution is -2.34. The largest absolute Gasteiger partial charge is 0.405 e. The lowest BCUT2D eigenvalue weighted by Gasteiger charge is -2.12. The van der Waals surface area contributed by atoms with Gasteiger partial charge in [-0.2, -0.15) is 13.2 Å². The molecule has 0 saturated heterocycles. The molecule has 1 fully saturated rings. The van der Waals surface area contributed by atoms with Crippen LogP contribution in [0.3, 0.4) is 0 Å². The zero-order valence-corrected chi connectivity index (χ0v) is 13.9. The Morgan fingerprint density at radius 2 is 1.88 bits per heavy atom. The summed E-state index contributed by atoms with van der Waals surface area (Å²) in [6.07, 6.45) is -4.44. The minimum atomic E-state index is -4.62. The van der Waals surface area contributed by atoms with Crippen molar-refractivity contribution >= 4 is 52.3 Å². The van der Waals surface area contributed by atoms with Gasteiger partial charge in [0.15, 0.2) is 0 Å². The van der Waals surface area contributed by atoms with Crippen LogP contribution in [-0.2, 0) is 4.79 Å². The quantitative estimate of drug-likeness (QED) is 0.587. The van der Waals surface area contributed by atoms with Gasteiger partial charge in [0, 0.05) is 0 Å². The molecule has 2 rings (SSSR count). The van der Waals surface area contributed by atoms with Crippen molar-refractivity contribution in [1.29, 1.82) is 0 Å². The first-order valence-electron chi connectivity index (χ1n) is 6.43. The Balaban J connectivity index is 2.16. The number of carbonyl (C=O) groups is 2. The molecular formula is C13H9Cl3F4N2O2. The topological polar surface area (TPSA) is 58.2 Å². The summed E-state index contributed by atoms with van der Waals surface area (Å²) in [5.74, 6) is -3.55. The normalized spacial score (nSPS) is 18.9. The molecule has 1 saturated carbocycles. The number of carbonyl (C=O) groups excluding carboxylic acids is 2. The van der Waals surface area contributed by atoms with Gasteiger partial charge in [-0.1, -0.05) is 11.6 Å². The van der Waals surface area contributed by atoms with Crippen molar-refractivity contribution in [3.05, 3.63) is 28.5 Å². The fourth-order valence-corrected chi connectivity index (χ4v) is 2.56. The molecule has 0 bridgehead atoms. The predicted molar refractivity (Wildman–Crippen MR) is 81.0 cm³/mol. The fraction of sp³-hybridized carbons (Fsp3) is 0.385. The van der Waals surface area contributed by atoms with E-state index >= 15 is 0 Å². The molecule has 11 heteroatoms. The molecule has 1 aromatic carbocycles. The first-order valence-corrected chi connectivity index (χ1v) is 7.57. The molecule has 2 amide bonds. The van der Waals surface area contributed by atoms with Gasteiger partial charge >= 0.3 is 6.18 Å². The summed E-state index contributed by atoms with van der Waals surface area (Å²) in [6, 6.07) is 1.55. The molecule has 0 heterocycles. The van der Waals surface area contributed by atoms with Crippen LogP contribution >= 0.6 is 34.8 Å². The summed E-state index contributed by atoms with van der Waals surface area (Å²) >= 11 is 17.1. The first kappa shape index (κ1) is 19.1. The van der Waals surface area contributed by atoms with Crippen molar-refractivity contribution in [3.8, 4) is 0 Å². The molecule has 1 unspecified atom stereocenters. The van der Waals surface area contributed by atoms with Crippen LogP contribution in [0.5, 0.6) is 0 Å². The summed E-state index contributed by atoms with van der Waals surface area (Å²) in [7, 11) is 0. The van der Waals surface area contributed by atoms with Crippen molar-refractivity contribution in [2.24, 2.45) is 5.92 Å². The third kappa shape index (κ3) is 4.64. The molecule has 1 aliphatic carbocycles. The highest BCUT2D eigenvalue weighted by molar-refractivity contribution is 6.52. The zero-order valence-electron chi connectivity index (χ0n) is 11.6. The highest BCUT2D eigenvalue weighted by Crippen LogP contribution is 2.53. The molecule has 4 nitrogen and oxygen atoms in total. The van der Waals surface area contributed by atoms with Crippen LogP contribution in [0.25, 0.3) is 0 Å². The number of alkyl halides is 5. The lowest BCUT2D eigenvalue weighted by atomic mass is 10.1. The number of hydrogen-bond acceptors (Lipinski definition) is 2. The van der Waals surface area contributed by atoms with Crippen molar-refractivity contribution in [2.45, 2.75) is 16.9 Å². The maximum Gasteiger partial charge on any atom is 0.405 e. The van der Waals surface area contributed by atoms with E-state index < -0.39 is 56.9 Å². The Hall–Kier alpha value is -1.25. The van der Waals surface area contributed by atoms with Crippen LogP contribution in [0, 0.1) is 11.7 Å². The summed E-state index contributed by atoms with van der Waals surface area (Å²) in [5, 5.41) is 3.38. The second-order valence-corrected chi connectivity index (χ2v) is 7.07. The molecule has 0 radical (unpaired) electrons. The summed E-state index contributed by atoms with van der Waals surface area (Å²) in [5.41, 5.74) is -0.839. The van der Waals surface area contributed by atoms with Crippen LogP contribution in [-0.4, -0.2) is 28.9 Å². The third-order valence-corrected chi connectivity index (χ3v) is 4.30. The molecule has 24 heavy (non-hydrogen) atoms. The van der Waals surface area contributed by atoms with E-state index in [-0.39, 0.29) is 6.42 Å². The van der Waals surface area contributed by atoms with Gasteiger partial charge in [0.1, 0.15) is 16.7 Å². The first-order chi connectivity index (χ1) is 10.9. The predicted octanol–water partition coefficient (Wildman–Crippen LogP) is 3.90. The molecule has 1 atom stereocenters. The standard InChI is InChI=1S/C13H9Cl3F4N2O2/c14-7-2-8(17)9(22-11(24)6-3-12(6,15)16)1-5(7)10(23)21-4-13(18,19)20/h1-2,6H,3-4H2,(H,21,23)(H,22,24). The maximum absolute atomic E-state index is 13.8. The second-order valence-electron chi connectivity index (χ2n) is 5.12. The molecule has 0 spiro atoms. The second kappa shape index (κ2) is 6.57. The minimum Gasteiger partial charge on any atom is -0.343 e. The van der Waals surface area contributed by atoms with Gasteiger partial charge in [0.25, 0.3) is 5.91 Å². The number of amides is 2. The monoisotopic (exact) mass is 406 g/mol. The van der Waals surface area contributed by atoms with Gasteiger partial charge < -0.3 is 10.6 Å². The zero-order chi connectivity index (χ0) is 18.3. The van der Waals surface area contributed by atoms with E-state index in [9.17, 15) is 27.2 Å². The number of anilines is 1. The molecule has 1 aromatic rings. The fourth-order valence-electron chi connectivity index (χ4n) is 1.81. The van der Waals surface area contributed by atoms with E-state index in [4.69, 9.17) is 34.8 Å². The SMILES string of the molecule is O=C(NCC(F)(F)F)c1cc(NC(=O)C2CC2(Cl)Cl)c(F)cc1Cl. The number of rotatable bonds is 4. The van der Waals surface area contributed by atoms with Gasteiger partial charge in [-0.25, -0.2) is 4.39 Å². The van der Waals surface area contributed by atoms with E-state index in [1.54, 1.807) is 5.32 Å². The van der Waals surface area contributed by atoms with Crippen molar-refractivity contribution in [1.82, 2.24) is 5.32 Å². The average Bonchev–Trinajstić information content (AvgIpc) is 3.07. The van der Waals surface area contributed by atoms with Gasteiger partial charge in [0.05, 0.1) is 22.2 Å². The summed E-state index contributed by atoms with van der Waals surface area (Å²) < 4.78 is 49.0. The van der Waals surface area contributed by atoms with E-state index in [1.807, 2.05) is 0 Å². The number of halogens is 7.